The van der Waals surface area contributed by atoms with Crippen LogP contribution in [0.5, 0.6) is 5.75 Å². The lowest BCUT2D eigenvalue weighted by molar-refractivity contribution is -0.131. The van der Waals surface area contributed by atoms with Crippen LogP contribution in [0.4, 0.5) is 0 Å². The third kappa shape index (κ3) is 6.43. The maximum Gasteiger partial charge on any atom is 0.251 e. The second-order valence-electron chi connectivity index (χ2n) is 8.73. The number of carbonyl (C=O) groups excluding carboxylic acids is 5. The normalized spacial score (nSPS) is 18.5. The van der Waals surface area contributed by atoms with E-state index < -0.39 is 29.8 Å². The Hall–Kier alpha value is -3.69. The predicted octanol–water partition coefficient (Wildman–Crippen LogP) is -0.0707. The molecule has 182 valence electrons. The topological polar surface area (TPSA) is 143 Å². The lowest BCUT2D eigenvalue weighted by atomic mass is 9.99. The highest BCUT2D eigenvalue weighted by atomic mass is 16.5. The highest BCUT2D eigenvalue weighted by Gasteiger charge is 2.29. The molecule has 3 rings (SSSR count). The van der Waals surface area contributed by atoms with E-state index in [2.05, 4.69) is 21.3 Å². The fourth-order valence-corrected chi connectivity index (χ4v) is 3.88. The molecule has 10 nitrogen and oxygen atoms in total. The molecule has 34 heavy (non-hydrogen) atoms. The largest absolute Gasteiger partial charge is 0.488 e. The number of fused-ring (bicyclic) bond motifs is 1. The van der Waals surface area contributed by atoms with Crippen molar-refractivity contribution < 1.29 is 28.7 Å². The van der Waals surface area contributed by atoms with Gasteiger partial charge in [-0.3, -0.25) is 19.2 Å². The van der Waals surface area contributed by atoms with Crippen molar-refractivity contribution in [1.29, 1.82) is 0 Å². The number of rotatable bonds is 10. The van der Waals surface area contributed by atoms with Gasteiger partial charge in [-0.25, -0.2) is 0 Å². The molecule has 0 spiro atoms. The summed E-state index contributed by atoms with van der Waals surface area (Å²) in [5, 5.41) is 10.4. The molecule has 0 radical (unpaired) electrons. The smallest absolute Gasteiger partial charge is 0.251 e. The number of aldehydes is 1. The van der Waals surface area contributed by atoms with E-state index in [0.717, 1.165) is 5.56 Å². The Balaban J connectivity index is 1.52. The maximum atomic E-state index is 12.8. The summed E-state index contributed by atoms with van der Waals surface area (Å²) >= 11 is 0. The maximum absolute atomic E-state index is 12.8. The molecule has 2 heterocycles. The van der Waals surface area contributed by atoms with Crippen LogP contribution in [0.25, 0.3) is 6.08 Å². The molecule has 0 bridgehead atoms. The SMILES string of the molecule is CC(C)C(NC(=O)C1=Cc2ccccc2OC1)C(=O)NCC(=O)NC(C=O)CC1CCNC1=O. The van der Waals surface area contributed by atoms with Gasteiger partial charge in [0, 0.05) is 18.0 Å². The minimum Gasteiger partial charge on any atom is -0.488 e. The van der Waals surface area contributed by atoms with E-state index in [9.17, 15) is 24.0 Å². The van der Waals surface area contributed by atoms with Crippen LogP contribution < -0.4 is 26.0 Å². The van der Waals surface area contributed by atoms with Crippen LogP contribution in [0.2, 0.25) is 0 Å². The van der Waals surface area contributed by atoms with Gasteiger partial charge in [-0.05, 0) is 30.9 Å². The summed E-state index contributed by atoms with van der Waals surface area (Å²) < 4.78 is 5.60. The summed E-state index contributed by atoms with van der Waals surface area (Å²) in [5.41, 5.74) is 1.17. The van der Waals surface area contributed by atoms with Crippen LogP contribution >= 0.6 is 0 Å². The Morgan fingerprint density at radius 2 is 1.97 bits per heavy atom. The summed E-state index contributed by atoms with van der Waals surface area (Å²) in [6.07, 6.45) is 3.13. The van der Waals surface area contributed by atoms with E-state index in [1.54, 1.807) is 19.9 Å². The first-order valence-electron chi connectivity index (χ1n) is 11.3. The summed E-state index contributed by atoms with van der Waals surface area (Å²) in [4.78, 5) is 60.7. The molecular weight excluding hydrogens is 440 g/mol. The van der Waals surface area contributed by atoms with Gasteiger partial charge in [0.1, 0.15) is 24.7 Å². The van der Waals surface area contributed by atoms with Gasteiger partial charge in [0.15, 0.2) is 0 Å². The number of nitrogens with one attached hydrogen (secondary N) is 4. The molecular formula is C24H30N4O6. The quantitative estimate of drug-likeness (QED) is 0.353. The number of hydrogen-bond donors (Lipinski definition) is 4. The molecule has 4 N–H and O–H groups in total. The third-order valence-corrected chi connectivity index (χ3v) is 5.79. The van der Waals surface area contributed by atoms with Gasteiger partial charge in [-0.1, -0.05) is 32.0 Å². The summed E-state index contributed by atoms with van der Waals surface area (Å²) in [6.45, 7) is 3.83. The van der Waals surface area contributed by atoms with Gasteiger partial charge >= 0.3 is 0 Å². The monoisotopic (exact) mass is 470 g/mol. The Morgan fingerprint density at radius 3 is 2.65 bits per heavy atom. The number of carbonyl (C=O) groups is 5. The lowest BCUT2D eigenvalue weighted by Gasteiger charge is -2.24. The molecule has 1 aromatic rings. The minimum absolute atomic E-state index is 0.0871. The van der Waals surface area contributed by atoms with E-state index in [1.165, 1.54) is 0 Å². The first-order valence-corrected chi connectivity index (χ1v) is 11.3. The van der Waals surface area contributed by atoms with Crippen molar-refractivity contribution in [2.24, 2.45) is 11.8 Å². The zero-order valence-electron chi connectivity index (χ0n) is 19.3. The van der Waals surface area contributed by atoms with Crippen molar-refractivity contribution in [1.82, 2.24) is 21.3 Å². The van der Waals surface area contributed by atoms with Gasteiger partial charge in [0.25, 0.3) is 5.91 Å². The van der Waals surface area contributed by atoms with E-state index in [1.807, 2.05) is 24.3 Å². The molecule has 1 fully saturated rings. The van der Waals surface area contributed by atoms with Crippen molar-refractivity contribution in [2.75, 3.05) is 19.7 Å². The molecule has 1 aromatic carbocycles. The highest BCUT2D eigenvalue weighted by molar-refractivity contribution is 6.01. The number of hydrogen-bond acceptors (Lipinski definition) is 6. The van der Waals surface area contributed by atoms with E-state index in [4.69, 9.17) is 4.74 Å². The summed E-state index contributed by atoms with van der Waals surface area (Å²) in [7, 11) is 0. The van der Waals surface area contributed by atoms with Crippen molar-refractivity contribution in [2.45, 2.75) is 38.8 Å². The zero-order chi connectivity index (χ0) is 24.7. The summed E-state index contributed by atoms with van der Waals surface area (Å²) in [5.74, 6) is -1.52. The molecule has 0 aromatic heterocycles. The molecule has 0 aliphatic carbocycles. The fourth-order valence-electron chi connectivity index (χ4n) is 3.88. The van der Waals surface area contributed by atoms with Crippen LogP contribution in [0.3, 0.4) is 0 Å². The van der Waals surface area contributed by atoms with Gasteiger partial charge in [-0.2, -0.15) is 0 Å². The molecule has 3 atom stereocenters. The van der Waals surface area contributed by atoms with Crippen molar-refractivity contribution in [3.8, 4) is 5.75 Å². The Labute approximate surface area is 197 Å². The Kier molecular flexibility index (Phi) is 8.39. The van der Waals surface area contributed by atoms with Gasteiger partial charge in [0.05, 0.1) is 18.2 Å². The van der Waals surface area contributed by atoms with Crippen molar-refractivity contribution in [3.63, 3.8) is 0 Å². The van der Waals surface area contributed by atoms with Gasteiger partial charge in [0.2, 0.25) is 17.7 Å². The van der Waals surface area contributed by atoms with Crippen LogP contribution in [-0.2, 0) is 24.0 Å². The molecule has 10 heteroatoms. The van der Waals surface area contributed by atoms with Crippen molar-refractivity contribution >= 4 is 36.0 Å². The minimum atomic E-state index is -0.873. The molecule has 4 amide bonds. The molecule has 2 aliphatic rings. The summed E-state index contributed by atoms with van der Waals surface area (Å²) in [6, 6.07) is 5.64. The lowest BCUT2D eigenvalue weighted by Crippen LogP contribution is -2.52. The average Bonchev–Trinajstić information content (AvgIpc) is 3.23. The fraction of sp³-hybridized carbons (Fsp3) is 0.458. The van der Waals surface area contributed by atoms with Crippen LogP contribution in [0, 0.1) is 11.8 Å². The first kappa shape index (κ1) is 24.9. The highest BCUT2D eigenvalue weighted by Crippen LogP contribution is 2.25. The van der Waals surface area contributed by atoms with E-state index in [-0.39, 0.29) is 37.3 Å². The third-order valence-electron chi connectivity index (χ3n) is 5.79. The standard InChI is InChI=1S/C24H30N4O6/c1-14(2)21(28-23(32)17-9-15-5-3-4-6-19(15)34-13-17)24(33)26-11-20(30)27-18(12-29)10-16-7-8-25-22(16)31/h3-6,9,12,14,16,18,21H,7-8,10-11,13H2,1-2H3,(H,25,31)(H,26,33)(H,27,30)(H,28,32). The van der Waals surface area contributed by atoms with Crippen LogP contribution in [0.15, 0.2) is 29.8 Å². The molecule has 2 aliphatic heterocycles. The Bertz CT molecular complexity index is 989. The number of amides is 4. The van der Waals surface area contributed by atoms with Crippen LogP contribution in [-0.4, -0.2) is 61.7 Å². The molecule has 3 unspecified atom stereocenters. The number of benzene rings is 1. The molecule has 0 saturated carbocycles. The van der Waals surface area contributed by atoms with Gasteiger partial charge < -0.3 is 30.8 Å². The second kappa shape index (κ2) is 11.4. The first-order chi connectivity index (χ1) is 16.3. The second-order valence-corrected chi connectivity index (χ2v) is 8.73. The molecule has 1 saturated heterocycles. The van der Waals surface area contributed by atoms with E-state index >= 15 is 0 Å². The average molecular weight is 471 g/mol. The van der Waals surface area contributed by atoms with Crippen LogP contribution in [0.1, 0.15) is 32.3 Å². The number of ether oxygens (including phenoxy) is 1. The van der Waals surface area contributed by atoms with Gasteiger partial charge in [-0.15, -0.1) is 0 Å². The predicted molar refractivity (Wildman–Crippen MR) is 123 cm³/mol. The Morgan fingerprint density at radius 1 is 1.21 bits per heavy atom. The zero-order valence-corrected chi connectivity index (χ0v) is 19.3. The van der Waals surface area contributed by atoms with Crippen molar-refractivity contribution in [3.05, 3.63) is 35.4 Å². The van der Waals surface area contributed by atoms with E-state index in [0.29, 0.717) is 30.6 Å². The number of para-hydroxylation sites is 1.